The predicted octanol–water partition coefficient (Wildman–Crippen LogP) is 4.96. The third-order valence-corrected chi connectivity index (χ3v) is 4.65. The second-order valence-corrected chi connectivity index (χ2v) is 7.02. The summed E-state index contributed by atoms with van der Waals surface area (Å²) in [5.74, 6) is 0.631. The second kappa shape index (κ2) is 6.21. The summed E-state index contributed by atoms with van der Waals surface area (Å²) < 4.78 is 0. The average Bonchev–Trinajstić information content (AvgIpc) is 2.39. The van der Waals surface area contributed by atoms with Gasteiger partial charge in [0, 0.05) is 23.9 Å². The van der Waals surface area contributed by atoms with Crippen molar-refractivity contribution < 1.29 is 0 Å². The monoisotopic (exact) mass is 286 g/mol. The molecular formula is C19H30N2. The third-order valence-electron chi connectivity index (χ3n) is 4.65. The lowest BCUT2D eigenvalue weighted by molar-refractivity contribution is 0.138. The van der Waals surface area contributed by atoms with Crippen molar-refractivity contribution in [1.82, 2.24) is 9.88 Å². The molecule has 21 heavy (non-hydrogen) atoms. The first-order valence-corrected chi connectivity index (χ1v) is 8.24. The van der Waals surface area contributed by atoms with Crippen LogP contribution in [0.1, 0.15) is 69.6 Å². The van der Waals surface area contributed by atoms with E-state index < -0.39 is 0 Å². The van der Waals surface area contributed by atoms with E-state index in [4.69, 9.17) is 4.98 Å². The summed E-state index contributed by atoms with van der Waals surface area (Å²) in [7, 11) is 0. The zero-order valence-electron chi connectivity index (χ0n) is 14.7. The van der Waals surface area contributed by atoms with E-state index in [2.05, 4.69) is 65.6 Å². The van der Waals surface area contributed by atoms with Crippen molar-refractivity contribution in [1.29, 1.82) is 0 Å². The second-order valence-electron chi connectivity index (χ2n) is 7.02. The fourth-order valence-electron chi connectivity index (χ4n) is 3.42. The summed E-state index contributed by atoms with van der Waals surface area (Å²) in [4.78, 5) is 7.51. The molecule has 2 unspecified atom stereocenters. The van der Waals surface area contributed by atoms with Gasteiger partial charge in [-0.25, -0.2) is 0 Å². The molecule has 0 N–H and O–H groups in total. The minimum atomic E-state index is 0.461. The quantitative estimate of drug-likeness (QED) is 0.781. The SMILES string of the molecule is CCC1c2cc(C)c(C)nc2CC(C(C)C)N1C=C(C)C. The van der Waals surface area contributed by atoms with E-state index in [0.717, 1.165) is 12.8 Å². The minimum absolute atomic E-state index is 0.461. The van der Waals surface area contributed by atoms with Crippen LogP contribution in [0.15, 0.2) is 17.8 Å². The Kier molecular flexibility index (Phi) is 4.75. The standard InChI is InChI=1S/C19H30N2/c1-8-18-16-9-14(6)15(7)20-17(16)10-19(13(4)5)21(18)11-12(2)3/h9,11,13,18-19H,8,10H2,1-7H3. The van der Waals surface area contributed by atoms with Crippen molar-refractivity contribution in [2.75, 3.05) is 0 Å². The summed E-state index contributed by atoms with van der Waals surface area (Å²) >= 11 is 0. The van der Waals surface area contributed by atoms with Gasteiger partial charge in [0.25, 0.3) is 0 Å². The van der Waals surface area contributed by atoms with Gasteiger partial charge in [-0.05, 0) is 57.4 Å². The Balaban J connectivity index is 2.55. The summed E-state index contributed by atoms with van der Waals surface area (Å²) in [6.07, 6.45) is 4.55. The van der Waals surface area contributed by atoms with Gasteiger partial charge in [-0.15, -0.1) is 0 Å². The van der Waals surface area contributed by atoms with Crippen molar-refractivity contribution in [3.8, 4) is 0 Å². The van der Waals surface area contributed by atoms with Crippen molar-refractivity contribution in [3.05, 3.63) is 40.4 Å². The number of fused-ring (bicyclic) bond motifs is 1. The molecule has 1 aliphatic rings. The van der Waals surface area contributed by atoms with Gasteiger partial charge in [0.15, 0.2) is 0 Å². The number of allylic oxidation sites excluding steroid dienone is 1. The van der Waals surface area contributed by atoms with Crippen LogP contribution in [-0.2, 0) is 6.42 Å². The lowest BCUT2D eigenvalue weighted by Crippen LogP contribution is -2.44. The molecule has 0 amide bonds. The maximum Gasteiger partial charge on any atom is 0.0555 e. The Labute approximate surface area is 130 Å². The number of hydrogen-bond acceptors (Lipinski definition) is 2. The number of hydrogen-bond donors (Lipinski definition) is 0. The molecule has 2 rings (SSSR count). The van der Waals surface area contributed by atoms with Gasteiger partial charge in [-0.2, -0.15) is 0 Å². The molecule has 1 aromatic rings. The molecule has 2 heteroatoms. The molecule has 0 spiro atoms. The molecule has 2 nitrogen and oxygen atoms in total. The number of aryl methyl sites for hydroxylation is 2. The largest absolute Gasteiger partial charge is 0.367 e. The molecule has 1 aliphatic heterocycles. The van der Waals surface area contributed by atoms with Crippen LogP contribution in [0.2, 0.25) is 0 Å². The summed E-state index contributed by atoms with van der Waals surface area (Å²) in [6, 6.07) is 3.38. The molecule has 0 fully saturated rings. The summed E-state index contributed by atoms with van der Waals surface area (Å²) in [5, 5.41) is 0. The zero-order chi connectivity index (χ0) is 15.7. The zero-order valence-corrected chi connectivity index (χ0v) is 14.7. The lowest BCUT2D eigenvalue weighted by Gasteiger charge is -2.44. The van der Waals surface area contributed by atoms with Gasteiger partial charge in [0.05, 0.1) is 6.04 Å². The molecule has 0 saturated heterocycles. The van der Waals surface area contributed by atoms with Crippen molar-refractivity contribution in [2.24, 2.45) is 5.92 Å². The van der Waals surface area contributed by atoms with E-state index in [1.165, 1.54) is 28.1 Å². The molecule has 1 aromatic heterocycles. The lowest BCUT2D eigenvalue weighted by atomic mass is 9.85. The van der Waals surface area contributed by atoms with E-state index in [-0.39, 0.29) is 0 Å². The Morgan fingerprint density at radius 1 is 1.38 bits per heavy atom. The fourth-order valence-corrected chi connectivity index (χ4v) is 3.42. The van der Waals surface area contributed by atoms with Crippen LogP contribution in [0, 0.1) is 19.8 Å². The Morgan fingerprint density at radius 3 is 2.57 bits per heavy atom. The van der Waals surface area contributed by atoms with Crippen LogP contribution < -0.4 is 0 Å². The molecule has 0 saturated carbocycles. The maximum atomic E-state index is 4.91. The van der Waals surface area contributed by atoms with E-state index in [0.29, 0.717) is 18.0 Å². The maximum absolute atomic E-state index is 4.91. The van der Waals surface area contributed by atoms with Crippen LogP contribution in [-0.4, -0.2) is 15.9 Å². The Morgan fingerprint density at radius 2 is 2.05 bits per heavy atom. The normalized spacial score (nSPS) is 21.4. The van der Waals surface area contributed by atoms with Crippen LogP contribution >= 0.6 is 0 Å². The van der Waals surface area contributed by atoms with Gasteiger partial charge >= 0.3 is 0 Å². The first-order chi connectivity index (χ1) is 9.85. The Bertz CT molecular complexity index is 539. The van der Waals surface area contributed by atoms with Gasteiger partial charge in [-0.1, -0.05) is 32.4 Å². The number of rotatable bonds is 3. The van der Waals surface area contributed by atoms with Gasteiger partial charge in [0.2, 0.25) is 0 Å². The van der Waals surface area contributed by atoms with Crippen molar-refractivity contribution in [3.63, 3.8) is 0 Å². The third kappa shape index (κ3) is 3.14. The molecule has 0 radical (unpaired) electrons. The van der Waals surface area contributed by atoms with Crippen LogP contribution in [0.4, 0.5) is 0 Å². The van der Waals surface area contributed by atoms with E-state index in [1.807, 2.05) is 0 Å². The van der Waals surface area contributed by atoms with Crippen LogP contribution in [0.25, 0.3) is 0 Å². The van der Waals surface area contributed by atoms with Gasteiger partial charge in [-0.3, -0.25) is 4.98 Å². The molecule has 2 atom stereocenters. The molecule has 2 heterocycles. The van der Waals surface area contributed by atoms with E-state index >= 15 is 0 Å². The summed E-state index contributed by atoms with van der Waals surface area (Å²) in [6.45, 7) is 15.6. The number of nitrogens with zero attached hydrogens (tertiary/aromatic N) is 2. The molecular weight excluding hydrogens is 256 g/mol. The molecule has 0 aromatic carbocycles. The van der Waals surface area contributed by atoms with Crippen LogP contribution in [0.3, 0.4) is 0 Å². The highest BCUT2D eigenvalue weighted by Gasteiger charge is 2.34. The molecule has 0 aliphatic carbocycles. The average molecular weight is 286 g/mol. The van der Waals surface area contributed by atoms with E-state index in [1.54, 1.807) is 0 Å². The van der Waals surface area contributed by atoms with Crippen LogP contribution in [0.5, 0.6) is 0 Å². The Hall–Kier alpha value is -1.31. The fraction of sp³-hybridized carbons (Fsp3) is 0.632. The highest BCUT2D eigenvalue weighted by molar-refractivity contribution is 5.35. The molecule has 116 valence electrons. The molecule has 0 bridgehead atoms. The van der Waals surface area contributed by atoms with Gasteiger partial charge in [0.1, 0.15) is 0 Å². The first-order valence-electron chi connectivity index (χ1n) is 8.24. The minimum Gasteiger partial charge on any atom is -0.367 e. The highest BCUT2D eigenvalue weighted by Crippen LogP contribution is 2.38. The van der Waals surface area contributed by atoms with Crippen molar-refractivity contribution >= 4 is 0 Å². The van der Waals surface area contributed by atoms with E-state index in [9.17, 15) is 0 Å². The highest BCUT2D eigenvalue weighted by atomic mass is 15.2. The topological polar surface area (TPSA) is 16.1 Å². The smallest absolute Gasteiger partial charge is 0.0555 e. The first kappa shape index (κ1) is 16.1. The summed E-state index contributed by atoms with van der Waals surface area (Å²) in [5.41, 5.74) is 6.63. The number of aromatic nitrogens is 1. The number of pyridine rings is 1. The van der Waals surface area contributed by atoms with Crippen molar-refractivity contribution in [2.45, 2.75) is 73.4 Å². The predicted molar refractivity (Wildman–Crippen MR) is 90.3 cm³/mol. The van der Waals surface area contributed by atoms with Gasteiger partial charge < -0.3 is 4.90 Å².